The number of fused-ring (bicyclic) bond motifs is 1. The molecule has 1 heterocycles. The lowest BCUT2D eigenvalue weighted by atomic mass is 9.53. The molecule has 0 saturated carbocycles. The zero-order chi connectivity index (χ0) is 21.6. The Labute approximate surface area is 184 Å². The van der Waals surface area contributed by atoms with Gasteiger partial charge in [-0.05, 0) is 56.1 Å². The quantitative estimate of drug-likeness (QED) is 0.798. The molecule has 0 amide bonds. The maximum absolute atomic E-state index is 11.0. The maximum Gasteiger partial charge on any atom is 0.165 e. The highest BCUT2D eigenvalue weighted by Gasteiger charge is 2.56. The number of rotatable bonds is 5. The largest absolute Gasteiger partial charge is 0.499 e. The molecule has 0 spiro atoms. The van der Waals surface area contributed by atoms with E-state index >= 15 is 0 Å². The molecule has 164 valence electrons. The van der Waals surface area contributed by atoms with Crippen LogP contribution in [-0.4, -0.2) is 50.0 Å². The van der Waals surface area contributed by atoms with E-state index in [1.54, 1.807) is 14.2 Å². The first kappa shape index (κ1) is 20.4. The molecule has 2 bridgehead atoms. The number of aliphatic hydroxyl groups excluding tert-OH is 1. The van der Waals surface area contributed by atoms with Crippen molar-refractivity contribution in [1.29, 1.82) is 0 Å². The molecule has 0 aromatic heterocycles. The SMILES string of the molecule is COC1=C[C@H]2[C@H]3Cc4ccc(OC)c(OCc5ccccc5)c4[C@@]2(CCN3C)CC1O. The number of aliphatic hydroxyl groups is 1. The summed E-state index contributed by atoms with van der Waals surface area (Å²) >= 11 is 0. The van der Waals surface area contributed by atoms with E-state index in [9.17, 15) is 5.11 Å². The van der Waals surface area contributed by atoms with E-state index in [1.807, 2.05) is 24.3 Å². The number of benzene rings is 2. The van der Waals surface area contributed by atoms with Crippen LogP contribution in [0.15, 0.2) is 54.3 Å². The minimum absolute atomic E-state index is 0.188. The van der Waals surface area contributed by atoms with Gasteiger partial charge in [-0.2, -0.15) is 0 Å². The Bertz CT molecular complexity index is 988. The lowest BCUT2D eigenvalue weighted by molar-refractivity contribution is -0.00422. The first-order valence-electron chi connectivity index (χ1n) is 11.1. The lowest BCUT2D eigenvalue weighted by Crippen LogP contribution is -2.60. The Balaban J connectivity index is 1.65. The summed E-state index contributed by atoms with van der Waals surface area (Å²) < 4.78 is 17.8. The minimum atomic E-state index is -0.607. The third-order valence-electron chi connectivity index (χ3n) is 7.58. The monoisotopic (exact) mass is 421 g/mol. The number of nitrogens with zero attached hydrogens (tertiary/aromatic N) is 1. The summed E-state index contributed by atoms with van der Waals surface area (Å²) in [5.41, 5.74) is 3.46. The molecule has 3 aliphatic rings. The predicted molar refractivity (Wildman–Crippen MR) is 119 cm³/mol. The molecule has 1 N–H and O–H groups in total. The van der Waals surface area contributed by atoms with Crippen LogP contribution >= 0.6 is 0 Å². The smallest absolute Gasteiger partial charge is 0.165 e. The summed E-state index contributed by atoms with van der Waals surface area (Å²) in [4.78, 5) is 2.46. The number of hydrogen-bond donors (Lipinski definition) is 1. The van der Waals surface area contributed by atoms with Crippen molar-refractivity contribution in [3.8, 4) is 11.5 Å². The number of ether oxygens (including phenoxy) is 3. The number of likely N-dealkylation sites (tertiary alicyclic amines) is 1. The van der Waals surface area contributed by atoms with Crippen LogP contribution in [0, 0.1) is 5.92 Å². The van der Waals surface area contributed by atoms with Crippen LogP contribution in [-0.2, 0) is 23.2 Å². The van der Waals surface area contributed by atoms with E-state index in [0.29, 0.717) is 24.8 Å². The van der Waals surface area contributed by atoms with Gasteiger partial charge < -0.3 is 24.2 Å². The van der Waals surface area contributed by atoms with Crippen LogP contribution in [0.4, 0.5) is 0 Å². The fraction of sp³-hybridized carbons (Fsp3) is 0.462. The van der Waals surface area contributed by atoms with Crippen molar-refractivity contribution in [2.45, 2.75) is 43.4 Å². The van der Waals surface area contributed by atoms with Crippen LogP contribution in [0.1, 0.15) is 29.5 Å². The van der Waals surface area contributed by atoms with Gasteiger partial charge in [0.1, 0.15) is 18.5 Å². The van der Waals surface area contributed by atoms with Crippen LogP contribution in [0.2, 0.25) is 0 Å². The van der Waals surface area contributed by atoms with Crippen molar-refractivity contribution in [1.82, 2.24) is 4.90 Å². The number of methoxy groups -OCH3 is 2. The van der Waals surface area contributed by atoms with Gasteiger partial charge in [-0.3, -0.25) is 0 Å². The Hall–Kier alpha value is -2.50. The predicted octanol–water partition coefficient (Wildman–Crippen LogP) is 3.68. The van der Waals surface area contributed by atoms with Crippen molar-refractivity contribution < 1.29 is 19.3 Å². The zero-order valence-corrected chi connectivity index (χ0v) is 18.5. The van der Waals surface area contributed by atoms with E-state index < -0.39 is 6.10 Å². The van der Waals surface area contributed by atoms with Crippen molar-refractivity contribution in [2.24, 2.45) is 5.92 Å². The number of hydrogen-bond acceptors (Lipinski definition) is 5. The van der Waals surface area contributed by atoms with Crippen LogP contribution < -0.4 is 9.47 Å². The lowest BCUT2D eigenvalue weighted by Gasteiger charge is -2.57. The highest BCUT2D eigenvalue weighted by molar-refractivity contribution is 5.58. The van der Waals surface area contributed by atoms with Gasteiger partial charge in [0.15, 0.2) is 11.5 Å². The van der Waals surface area contributed by atoms with Gasteiger partial charge >= 0.3 is 0 Å². The fourth-order valence-corrected chi connectivity index (χ4v) is 6.05. The Morgan fingerprint density at radius 3 is 2.65 bits per heavy atom. The molecule has 2 aromatic carbocycles. The molecule has 1 unspecified atom stereocenters. The summed E-state index contributed by atoms with van der Waals surface area (Å²) in [7, 11) is 5.56. The summed E-state index contributed by atoms with van der Waals surface area (Å²) in [6.07, 6.45) is 4.14. The minimum Gasteiger partial charge on any atom is -0.499 e. The summed E-state index contributed by atoms with van der Waals surface area (Å²) in [6.45, 7) is 1.48. The zero-order valence-electron chi connectivity index (χ0n) is 18.5. The average molecular weight is 422 g/mol. The third kappa shape index (κ3) is 3.22. The van der Waals surface area contributed by atoms with Crippen molar-refractivity contribution in [2.75, 3.05) is 27.8 Å². The van der Waals surface area contributed by atoms with Gasteiger partial charge in [0, 0.05) is 22.9 Å². The third-order valence-corrected chi connectivity index (χ3v) is 7.58. The second kappa shape index (κ2) is 7.88. The van der Waals surface area contributed by atoms with Crippen LogP contribution in [0.25, 0.3) is 0 Å². The average Bonchev–Trinajstić information content (AvgIpc) is 2.79. The van der Waals surface area contributed by atoms with Crippen molar-refractivity contribution >= 4 is 0 Å². The van der Waals surface area contributed by atoms with E-state index in [-0.39, 0.29) is 11.3 Å². The van der Waals surface area contributed by atoms with Gasteiger partial charge in [0.05, 0.1) is 14.2 Å². The van der Waals surface area contributed by atoms with Crippen LogP contribution in [0.5, 0.6) is 11.5 Å². The van der Waals surface area contributed by atoms with E-state index in [4.69, 9.17) is 14.2 Å². The molecule has 5 heteroatoms. The first-order chi connectivity index (χ1) is 15.1. The summed E-state index contributed by atoms with van der Waals surface area (Å²) in [5.74, 6) is 2.55. The normalized spacial score (nSPS) is 29.4. The molecule has 5 nitrogen and oxygen atoms in total. The Morgan fingerprint density at radius 2 is 1.90 bits per heavy atom. The van der Waals surface area contributed by atoms with E-state index in [1.165, 1.54) is 11.1 Å². The Morgan fingerprint density at radius 1 is 1.10 bits per heavy atom. The molecule has 0 radical (unpaired) electrons. The molecule has 5 rings (SSSR count). The first-order valence-corrected chi connectivity index (χ1v) is 11.1. The second-order valence-corrected chi connectivity index (χ2v) is 9.08. The van der Waals surface area contributed by atoms with E-state index in [2.05, 4.69) is 36.2 Å². The van der Waals surface area contributed by atoms with Gasteiger partial charge in [0.2, 0.25) is 0 Å². The number of piperidine rings is 1. The van der Waals surface area contributed by atoms with Crippen LogP contribution in [0.3, 0.4) is 0 Å². The molecule has 4 atom stereocenters. The molecular formula is C26H31NO4. The molecule has 1 aliphatic heterocycles. The molecule has 2 aliphatic carbocycles. The topological polar surface area (TPSA) is 51.2 Å². The molecule has 1 fully saturated rings. The van der Waals surface area contributed by atoms with Gasteiger partial charge in [-0.15, -0.1) is 0 Å². The molecule has 31 heavy (non-hydrogen) atoms. The molecule has 1 saturated heterocycles. The van der Waals surface area contributed by atoms with Crippen molar-refractivity contribution in [3.63, 3.8) is 0 Å². The molecule has 2 aromatic rings. The van der Waals surface area contributed by atoms with Gasteiger partial charge in [-0.25, -0.2) is 0 Å². The van der Waals surface area contributed by atoms with Gasteiger partial charge in [-0.1, -0.05) is 36.4 Å². The highest BCUT2D eigenvalue weighted by Crippen LogP contribution is 2.58. The summed E-state index contributed by atoms with van der Waals surface area (Å²) in [5, 5.41) is 11.0. The second-order valence-electron chi connectivity index (χ2n) is 9.08. The van der Waals surface area contributed by atoms with E-state index in [0.717, 1.165) is 36.4 Å². The number of likely N-dealkylation sites (N-methyl/N-ethyl adjacent to an activating group) is 1. The Kier molecular flexibility index (Phi) is 5.19. The summed E-state index contributed by atoms with van der Waals surface area (Å²) in [6, 6.07) is 14.8. The fourth-order valence-electron chi connectivity index (χ4n) is 6.05. The standard InChI is InChI=1S/C26H31NO4/c1-27-12-11-26-15-21(28)23(30-3)14-19(26)20(27)13-18-9-10-22(29-2)25(24(18)26)31-16-17-7-5-4-6-8-17/h4-10,14,19-21,28H,11-13,15-16H2,1-3H3/t19-,20+,21?,26-/m0/s1. The molecular weight excluding hydrogens is 390 g/mol. The van der Waals surface area contributed by atoms with Gasteiger partial charge in [0.25, 0.3) is 0 Å². The maximum atomic E-state index is 11.0. The highest BCUT2D eigenvalue weighted by atomic mass is 16.5. The van der Waals surface area contributed by atoms with Crippen molar-refractivity contribution in [3.05, 3.63) is 71.0 Å².